The molecule has 192 valence electrons. The lowest BCUT2D eigenvalue weighted by Crippen LogP contribution is -2.41. The minimum atomic E-state index is -3.78. The summed E-state index contributed by atoms with van der Waals surface area (Å²) < 4.78 is 63.1. The first kappa shape index (κ1) is 26.9. The predicted molar refractivity (Wildman–Crippen MR) is 133 cm³/mol. The molecule has 0 bridgehead atoms. The number of nitrogens with zero attached hydrogens (tertiary/aromatic N) is 2. The number of benzene rings is 2. The number of hydrogen-bond donors (Lipinski definition) is 1. The molecule has 1 fully saturated rings. The van der Waals surface area contributed by atoms with Gasteiger partial charge in [-0.05, 0) is 48.7 Å². The standard InChI is InChI=1S/C23H31N3O7S2/c1-32-22-8-4-3-6-19(22)7-5-13-24-23(27)18-26(34(2,28)29)20-9-11-21(12-10-20)35(30,31)25-14-16-33-17-15-25/h3-4,6,8-12H,5,7,13-18H2,1-2H3,(H,24,27). The topological polar surface area (TPSA) is 122 Å². The summed E-state index contributed by atoms with van der Waals surface area (Å²) in [5.74, 6) is 0.321. The third-order valence-electron chi connectivity index (χ3n) is 5.56. The van der Waals surface area contributed by atoms with Crippen LogP contribution < -0.4 is 14.4 Å². The van der Waals surface area contributed by atoms with E-state index in [0.717, 1.165) is 21.9 Å². The highest BCUT2D eigenvalue weighted by atomic mass is 32.2. The van der Waals surface area contributed by atoms with E-state index in [4.69, 9.17) is 9.47 Å². The van der Waals surface area contributed by atoms with Crippen molar-refractivity contribution in [2.45, 2.75) is 17.7 Å². The van der Waals surface area contributed by atoms with Crippen molar-refractivity contribution in [3.8, 4) is 5.75 Å². The Balaban J connectivity index is 1.61. The Morgan fingerprint density at radius 3 is 2.34 bits per heavy atom. The summed E-state index contributed by atoms with van der Waals surface area (Å²) in [5.41, 5.74) is 1.23. The fourth-order valence-electron chi connectivity index (χ4n) is 3.72. The second-order valence-electron chi connectivity index (χ2n) is 8.05. The number of nitrogens with one attached hydrogen (secondary N) is 1. The highest BCUT2D eigenvalue weighted by molar-refractivity contribution is 7.92. The third kappa shape index (κ3) is 7.17. The van der Waals surface area contributed by atoms with Crippen molar-refractivity contribution in [3.05, 3.63) is 54.1 Å². The number of rotatable bonds is 11. The number of carbonyl (C=O) groups is 1. The number of hydrogen-bond acceptors (Lipinski definition) is 7. The first-order valence-electron chi connectivity index (χ1n) is 11.2. The molecule has 1 amide bonds. The van der Waals surface area contributed by atoms with E-state index in [9.17, 15) is 21.6 Å². The quantitative estimate of drug-likeness (QED) is 0.438. The zero-order valence-corrected chi connectivity index (χ0v) is 21.5. The number of anilines is 1. The van der Waals surface area contributed by atoms with Crippen molar-refractivity contribution in [3.63, 3.8) is 0 Å². The number of carbonyl (C=O) groups excluding carboxylic acids is 1. The molecular weight excluding hydrogens is 494 g/mol. The van der Waals surface area contributed by atoms with Crippen molar-refractivity contribution in [2.75, 3.05) is 57.1 Å². The Morgan fingerprint density at radius 2 is 1.71 bits per heavy atom. The normalized spacial score (nSPS) is 14.9. The van der Waals surface area contributed by atoms with Crippen LogP contribution in [0.1, 0.15) is 12.0 Å². The lowest BCUT2D eigenvalue weighted by Gasteiger charge is -2.26. The molecule has 1 aliphatic heterocycles. The van der Waals surface area contributed by atoms with E-state index in [1.807, 2.05) is 24.3 Å². The van der Waals surface area contributed by atoms with Crippen LogP contribution in [0.3, 0.4) is 0 Å². The van der Waals surface area contributed by atoms with E-state index in [2.05, 4.69) is 5.32 Å². The molecule has 0 radical (unpaired) electrons. The van der Waals surface area contributed by atoms with Gasteiger partial charge in [0, 0.05) is 19.6 Å². The monoisotopic (exact) mass is 525 g/mol. The van der Waals surface area contributed by atoms with Crippen LogP contribution in [-0.4, -0.2) is 79.8 Å². The average Bonchev–Trinajstić information content (AvgIpc) is 2.85. The van der Waals surface area contributed by atoms with E-state index in [-0.39, 0.29) is 23.7 Å². The lowest BCUT2D eigenvalue weighted by atomic mass is 10.1. The number of aryl methyl sites for hydroxylation is 1. The maximum atomic E-state index is 12.8. The Hall–Kier alpha value is -2.67. The van der Waals surface area contributed by atoms with E-state index in [0.29, 0.717) is 32.6 Å². The second kappa shape index (κ2) is 11.8. The van der Waals surface area contributed by atoms with Gasteiger partial charge in [-0.1, -0.05) is 18.2 Å². The molecule has 2 aromatic carbocycles. The Bertz CT molecular complexity index is 1210. The van der Waals surface area contributed by atoms with Crippen LogP contribution in [0.15, 0.2) is 53.4 Å². The van der Waals surface area contributed by atoms with Crippen molar-refractivity contribution in [2.24, 2.45) is 0 Å². The number of ether oxygens (including phenoxy) is 2. The average molecular weight is 526 g/mol. The van der Waals surface area contributed by atoms with Gasteiger partial charge in [-0.15, -0.1) is 0 Å². The van der Waals surface area contributed by atoms with Crippen LogP contribution in [0.5, 0.6) is 5.75 Å². The van der Waals surface area contributed by atoms with Crippen LogP contribution in [0.2, 0.25) is 0 Å². The van der Waals surface area contributed by atoms with Crippen molar-refractivity contribution < 1.29 is 31.1 Å². The molecule has 12 heteroatoms. The molecule has 2 aromatic rings. The summed E-state index contributed by atoms with van der Waals surface area (Å²) in [6.07, 6.45) is 2.35. The van der Waals surface area contributed by atoms with E-state index >= 15 is 0 Å². The number of morpholine rings is 1. The molecule has 0 spiro atoms. The molecule has 0 atom stereocenters. The first-order valence-corrected chi connectivity index (χ1v) is 14.5. The molecule has 0 unspecified atom stereocenters. The van der Waals surface area contributed by atoms with Crippen molar-refractivity contribution >= 4 is 31.6 Å². The van der Waals surface area contributed by atoms with Gasteiger partial charge in [-0.25, -0.2) is 16.8 Å². The lowest BCUT2D eigenvalue weighted by molar-refractivity contribution is -0.119. The molecule has 0 aliphatic carbocycles. The summed E-state index contributed by atoms with van der Waals surface area (Å²) in [4.78, 5) is 12.5. The molecule has 1 N–H and O–H groups in total. The smallest absolute Gasteiger partial charge is 0.243 e. The van der Waals surface area contributed by atoms with Crippen LogP contribution in [0.25, 0.3) is 0 Å². The van der Waals surface area contributed by atoms with Gasteiger partial charge in [0.15, 0.2) is 0 Å². The Morgan fingerprint density at radius 1 is 1.06 bits per heavy atom. The molecule has 35 heavy (non-hydrogen) atoms. The number of amides is 1. The fourth-order valence-corrected chi connectivity index (χ4v) is 5.99. The third-order valence-corrected chi connectivity index (χ3v) is 8.61. The van der Waals surface area contributed by atoms with Crippen molar-refractivity contribution in [1.82, 2.24) is 9.62 Å². The van der Waals surface area contributed by atoms with Crippen LogP contribution in [0.4, 0.5) is 5.69 Å². The summed E-state index contributed by atoms with van der Waals surface area (Å²) in [7, 11) is -5.89. The summed E-state index contributed by atoms with van der Waals surface area (Å²) in [5, 5.41) is 2.74. The van der Waals surface area contributed by atoms with Gasteiger partial charge in [0.05, 0.1) is 37.2 Å². The zero-order valence-electron chi connectivity index (χ0n) is 19.8. The van der Waals surface area contributed by atoms with Gasteiger partial charge in [0.2, 0.25) is 26.0 Å². The number of sulfonamides is 2. The van der Waals surface area contributed by atoms with Gasteiger partial charge in [0.25, 0.3) is 0 Å². The maximum absolute atomic E-state index is 12.8. The molecular formula is C23H31N3O7S2. The summed E-state index contributed by atoms with van der Waals surface area (Å²) >= 11 is 0. The van der Waals surface area contributed by atoms with Gasteiger partial charge >= 0.3 is 0 Å². The maximum Gasteiger partial charge on any atom is 0.243 e. The SMILES string of the molecule is COc1ccccc1CCCNC(=O)CN(c1ccc(S(=O)(=O)N2CCOCC2)cc1)S(C)(=O)=O. The minimum absolute atomic E-state index is 0.0531. The van der Waals surface area contributed by atoms with Crippen LogP contribution in [-0.2, 0) is 36.0 Å². The largest absolute Gasteiger partial charge is 0.496 e. The number of methoxy groups -OCH3 is 1. The second-order valence-corrected chi connectivity index (χ2v) is 11.9. The number of para-hydroxylation sites is 1. The van der Waals surface area contributed by atoms with Gasteiger partial charge in [-0.3, -0.25) is 9.10 Å². The summed E-state index contributed by atoms with van der Waals surface area (Å²) in [6, 6.07) is 13.1. The molecule has 10 nitrogen and oxygen atoms in total. The molecule has 0 saturated carbocycles. The molecule has 1 heterocycles. The van der Waals surface area contributed by atoms with E-state index < -0.39 is 32.5 Å². The van der Waals surface area contributed by atoms with Gasteiger partial charge in [0.1, 0.15) is 12.3 Å². The van der Waals surface area contributed by atoms with Gasteiger partial charge in [-0.2, -0.15) is 4.31 Å². The summed E-state index contributed by atoms with van der Waals surface area (Å²) in [6.45, 7) is 1.13. The Kier molecular flexibility index (Phi) is 9.11. The van der Waals surface area contributed by atoms with Gasteiger partial charge < -0.3 is 14.8 Å². The minimum Gasteiger partial charge on any atom is -0.496 e. The fraction of sp³-hybridized carbons (Fsp3) is 0.435. The van der Waals surface area contributed by atoms with Crippen molar-refractivity contribution in [1.29, 1.82) is 0 Å². The van der Waals surface area contributed by atoms with Crippen LogP contribution >= 0.6 is 0 Å². The highest BCUT2D eigenvalue weighted by Crippen LogP contribution is 2.23. The molecule has 1 saturated heterocycles. The van der Waals surface area contributed by atoms with Crippen LogP contribution in [0, 0.1) is 0 Å². The molecule has 1 aliphatic rings. The Labute approximate surface area is 206 Å². The first-order chi connectivity index (χ1) is 16.6. The predicted octanol–water partition coefficient (Wildman–Crippen LogP) is 1.23. The molecule has 3 rings (SSSR count). The highest BCUT2D eigenvalue weighted by Gasteiger charge is 2.27. The molecule has 0 aromatic heterocycles. The van der Waals surface area contributed by atoms with E-state index in [1.54, 1.807) is 7.11 Å². The van der Waals surface area contributed by atoms with E-state index in [1.165, 1.54) is 28.6 Å². The zero-order chi connectivity index (χ0) is 25.5.